The number of carboxylic acid groups (broad SMARTS) is 1. The van der Waals surface area contributed by atoms with E-state index >= 15 is 0 Å². The molecule has 1 heterocycles. The number of carboxylic acids is 1. The number of aromatic nitrogens is 1. The highest BCUT2D eigenvalue weighted by Gasteiger charge is 2.47. The van der Waals surface area contributed by atoms with Crippen LogP contribution in [0.2, 0.25) is 0 Å². The number of aryl methyl sites for hydroxylation is 1. The fourth-order valence-electron chi connectivity index (χ4n) is 1.88. The van der Waals surface area contributed by atoms with Crippen LogP contribution in [0.15, 0.2) is 23.1 Å². The van der Waals surface area contributed by atoms with Crippen LogP contribution in [0.4, 0.5) is 13.2 Å². The number of benzene rings is 1. The number of fused-ring (bicyclic) bond motifs is 1. The van der Waals surface area contributed by atoms with Gasteiger partial charge in [0.1, 0.15) is 0 Å². The summed E-state index contributed by atoms with van der Waals surface area (Å²) in [5.41, 5.74) is -5.20. The maximum atomic E-state index is 12.5. The molecule has 0 bridgehead atoms. The van der Waals surface area contributed by atoms with E-state index in [0.717, 1.165) is 12.1 Å². The minimum Gasteiger partial charge on any atom is -0.478 e. The molecule has 0 atom stereocenters. The normalized spacial score (nSPS) is 12.8. The van der Waals surface area contributed by atoms with Crippen LogP contribution in [0.25, 0.3) is 10.9 Å². The summed E-state index contributed by atoms with van der Waals surface area (Å²) in [7, 11) is -5.51. The largest absolute Gasteiger partial charge is 0.501 e. The molecule has 108 valence electrons. The van der Waals surface area contributed by atoms with E-state index in [1.165, 1.54) is 6.92 Å². The molecule has 1 aromatic heterocycles. The molecule has 20 heavy (non-hydrogen) atoms. The first-order valence-corrected chi connectivity index (χ1v) is 6.71. The van der Waals surface area contributed by atoms with Crippen molar-refractivity contribution >= 4 is 26.7 Å². The average Bonchev–Trinajstić information content (AvgIpc) is 2.61. The molecule has 0 amide bonds. The molecular weight excluding hydrogens is 299 g/mol. The van der Waals surface area contributed by atoms with Crippen molar-refractivity contribution in [3.05, 3.63) is 29.5 Å². The van der Waals surface area contributed by atoms with Gasteiger partial charge in [-0.3, -0.25) is 0 Å². The zero-order valence-electron chi connectivity index (χ0n) is 9.95. The first-order valence-electron chi connectivity index (χ1n) is 5.22. The Labute approximate surface area is 110 Å². The number of H-pyrrole nitrogens is 1. The smallest absolute Gasteiger partial charge is 0.478 e. The second-order valence-electron chi connectivity index (χ2n) is 4.09. The monoisotopic (exact) mass is 307 g/mol. The maximum absolute atomic E-state index is 12.5. The topological polar surface area (TPSA) is 87.2 Å². The predicted molar refractivity (Wildman–Crippen MR) is 63.2 cm³/mol. The SMILES string of the molecule is Cc1[nH]c2ccc(S(=O)(=O)C(F)(F)F)cc2c1C(=O)O. The van der Waals surface area contributed by atoms with Gasteiger partial charge in [0.15, 0.2) is 0 Å². The van der Waals surface area contributed by atoms with Crippen molar-refractivity contribution in [1.82, 2.24) is 4.98 Å². The Hall–Kier alpha value is -2.03. The standard InChI is InChI=1S/C11H8F3NO4S/c1-5-9(10(16)17)7-4-6(2-3-8(7)15-5)20(18,19)11(12,13)14/h2-4,15H,1H3,(H,16,17). The quantitative estimate of drug-likeness (QED) is 0.892. The molecule has 2 aromatic rings. The molecule has 0 fully saturated rings. The molecule has 0 radical (unpaired) electrons. The minimum atomic E-state index is -5.51. The zero-order chi connectivity index (χ0) is 15.3. The lowest BCUT2D eigenvalue weighted by atomic mass is 10.1. The number of alkyl halides is 3. The van der Waals surface area contributed by atoms with E-state index in [-0.39, 0.29) is 22.2 Å². The third-order valence-electron chi connectivity index (χ3n) is 2.79. The molecule has 0 spiro atoms. The summed E-state index contributed by atoms with van der Waals surface area (Å²) in [6, 6.07) is 2.60. The Morgan fingerprint density at radius 2 is 1.90 bits per heavy atom. The third kappa shape index (κ3) is 2.03. The van der Waals surface area contributed by atoms with E-state index in [1.807, 2.05) is 0 Å². The van der Waals surface area contributed by atoms with E-state index in [1.54, 1.807) is 0 Å². The first-order chi connectivity index (χ1) is 9.05. The van der Waals surface area contributed by atoms with Gasteiger partial charge in [-0.25, -0.2) is 13.2 Å². The van der Waals surface area contributed by atoms with Crippen molar-refractivity contribution in [3.8, 4) is 0 Å². The molecule has 9 heteroatoms. The number of sulfone groups is 1. The number of aromatic amines is 1. The van der Waals surface area contributed by atoms with Crippen molar-refractivity contribution in [3.63, 3.8) is 0 Å². The van der Waals surface area contributed by atoms with Gasteiger partial charge < -0.3 is 10.1 Å². The molecule has 0 aliphatic carbocycles. The fraction of sp³-hybridized carbons (Fsp3) is 0.182. The lowest BCUT2D eigenvalue weighted by Crippen LogP contribution is -2.23. The van der Waals surface area contributed by atoms with Gasteiger partial charge in [0, 0.05) is 16.6 Å². The Morgan fingerprint density at radius 1 is 1.30 bits per heavy atom. The zero-order valence-corrected chi connectivity index (χ0v) is 10.8. The van der Waals surface area contributed by atoms with Crippen molar-refractivity contribution in [2.24, 2.45) is 0 Å². The number of rotatable bonds is 2. The lowest BCUT2D eigenvalue weighted by Gasteiger charge is -2.08. The van der Waals surface area contributed by atoms with E-state index in [2.05, 4.69) is 4.98 Å². The number of nitrogens with one attached hydrogen (secondary N) is 1. The van der Waals surface area contributed by atoms with Crippen LogP contribution in [0.3, 0.4) is 0 Å². The minimum absolute atomic E-state index is 0.0830. The highest BCUT2D eigenvalue weighted by molar-refractivity contribution is 7.92. The summed E-state index contributed by atoms with van der Waals surface area (Å²) in [5, 5.41) is 8.93. The molecule has 5 nitrogen and oxygen atoms in total. The molecule has 0 saturated carbocycles. The van der Waals surface area contributed by atoms with Crippen LogP contribution in [-0.2, 0) is 9.84 Å². The van der Waals surface area contributed by atoms with Gasteiger partial charge in [0.25, 0.3) is 9.84 Å². The Bertz CT molecular complexity index is 805. The fourth-order valence-corrected chi connectivity index (χ4v) is 2.67. The molecule has 2 rings (SSSR count). The second-order valence-corrected chi connectivity index (χ2v) is 6.03. The lowest BCUT2D eigenvalue weighted by molar-refractivity contribution is -0.0435. The van der Waals surface area contributed by atoms with E-state index in [9.17, 15) is 26.4 Å². The molecule has 2 N–H and O–H groups in total. The van der Waals surface area contributed by atoms with E-state index in [4.69, 9.17) is 5.11 Å². The molecule has 0 unspecified atom stereocenters. The second kappa shape index (κ2) is 4.23. The van der Waals surface area contributed by atoms with Crippen molar-refractivity contribution in [1.29, 1.82) is 0 Å². The van der Waals surface area contributed by atoms with Crippen molar-refractivity contribution in [2.45, 2.75) is 17.3 Å². The summed E-state index contributed by atoms with van der Waals surface area (Å²) in [6.07, 6.45) is 0. The van der Waals surface area contributed by atoms with Gasteiger partial charge in [0.05, 0.1) is 10.5 Å². The van der Waals surface area contributed by atoms with Crippen LogP contribution < -0.4 is 0 Å². The molecular formula is C11H8F3NO4S. The summed E-state index contributed by atoms with van der Waals surface area (Å²) in [6.45, 7) is 1.43. The van der Waals surface area contributed by atoms with E-state index in [0.29, 0.717) is 6.07 Å². The first kappa shape index (κ1) is 14.4. The molecule has 0 aliphatic rings. The Morgan fingerprint density at radius 3 is 2.40 bits per heavy atom. The summed E-state index contributed by atoms with van der Waals surface area (Å²) < 4.78 is 60.0. The van der Waals surface area contributed by atoms with Gasteiger partial charge >= 0.3 is 11.5 Å². The van der Waals surface area contributed by atoms with Crippen molar-refractivity contribution in [2.75, 3.05) is 0 Å². The average molecular weight is 307 g/mol. The summed E-state index contributed by atoms with van der Waals surface area (Å²) >= 11 is 0. The Kier molecular flexibility index (Phi) is 3.04. The van der Waals surface area contributed by atoms with Crippen LogP contribution >= 0.6 is 0 Å². The van der Waals surface area contributed by atoms with E-state index < -0.39 is 26.2 Å². The summed E-state index contributed by atoms with van der Waals surface area (Å²) in [5.74, 6) is -1.35. The highest BCUT2D eigenvalue weighted by Crippen LogP contribution is 2.33. The van der Waals surface area contributed by atoms with Crippen LogP contribution in [0.1, 0.15) is 16.1 Å². The molecule has 0 aliphatic heterocycles. The van der Waals surface area contributed by atoms with Gasteiger partial charge in [-0.2, -0.15) is 13.2 Å². The van der Waals surface area contributed by atoms with Gasteiger partial charge in [0.2, 0.25) is 0 Å². The Balaban J connectivity index is 2.78. The van der Waals surface area contributed by atoms with Crippen molar-refractivity contribution < 1.29 is 31.5 Å². The highest BCUT2D eigenvalue weighted by atomic mass is 32.2. The maximum Gasteiger partial charge on any atom is 0.501 e. The third-order valence-corrected chi connectivity index (χ3v) is 4.27. The number of halogens is 3. The summed E-state index contributed by atoms with van der Waals surface area (Å²) in [4.78, 5) is 12.7. The van der Waals surface area contributed by atoms with Crippen LogP contribution in [0, 0.1) is 6.92 Å². The van der Waals surface area contributed by atoms with Gasteiger partial charge in [-0.15, -0.1) is 0 Å². The number of hydrogen-bond acceptors (Lipinski definition) is 3. The molecule has 0 saturated heterocycles. The van der Waals surface area contributed by atoms with Crippen LogP contribution in [-0.4, -0.2) is 30.0 Å². The van der Waals surface area contributed by atoms with Gasteiger partial charge in [-0.05, 0) is 25.1 Å². The number of aromatic carboxylic acids is 1. The molecule has 1 aromatic carbocycles. The van der Waals surface area contributed by atoms with Gasteiger partial charge in [-0.1, -0.05) is 0 Å². The predicted octanol–water partition coefficient (Wildman–Crippen LogP) is 2.47. The van der Waals surface area contributed by atoms with Crippen LogP contribution in [0.5, 0.6) is 0 Å². The number of hydrogen-bond donors (Lipinski definition) is 2. The number of carbonyl (C=O) groups is 1.